The Bertz CT molecular complexity index is 1080. The van der Waals surface area contributed by atoms with Gasteiger partial charge in [0, 0.05) is 12.2 Å². The smallest absolute Gasteiger partial charge is 0.344 e. The van der Waals surface area contributed by atoms with E-state index in [-0.39, 0.29) is 6.61 Å². The summed E-state index contributed by atoms with van der Waals surface area (Å²) < 4.78 is 22.8. The third-order valence-corrected chi connectivity index (χ3v) is 5.74. The zero-order chi connectivity index (χ0) is 26.3. The molecule has 0 radical (unpaired) electrons. The Labute approximate surface area is 220 Å². The van der Waals surface area contributed by atoms with Crippen molar-refractivity contribution in [3.05, 3.63) is 66.7 Å². The molecule has 3 aromatic rings. The molecule has 0 fully saturated rings. The zero-order valence-electron chi connectivity index (χ0n) is 22.3. The minimum absolute atomic E-state index is 0.196. The van der Waals surface area contributed by atoms with E-state index in [1.807, 2.05) is 66.7 Å². The lowest BCUT2D eigenvalue weighted by Gasteiger charge is -2.15. The highest BCUT2D eigenvalue weighted by atomic mass is 16.6. The molecule has 0 aliphatic heterocycles. The molecule has 37 heavy (non-hydrogen) atoms. The van der Waals surface area contributed by atoms with Crippen molar-refractivity contribution < 1.29 is 23.7 Å². The molecule has 0 aliphatic carbocycles. The molecule has 0 spiro atoms. The summed E-state index contributed by atoms with van der Waals surface area (Å²) in [5, 5.41) is 3.40. The Morgan fingerprint density at radius 1 is 0.730 bits per heavy atom. The molecule has 0 bridgehead atoms. The molecule has 0 heterocycles. The predicted molar refractivity (Wildman–Crippen MR) is 149 cm³/mol. The molecule has 3 aromatic carbocycles. The van der Waals surface area contributed by atoms with Crippen LogP contribution in [0, 0.1) is 0 Å². The Hall–Kier alpha value is -3.67. The van der Waals surface area contributed by atoms with Crippen molar-refractivity contribution in [1.29, 1.82) is 0 Å². The van der Waals surface area contributed by atoms with E-state index in [0.29, 0.717) is 23.9 Å². The van der Waals surface area contributed by atoms with Crippen molar-refractivity contribution in [2.75, 3.05) is 31.7 Å². The van der Waals surface area contributed by atoms with Crippen LogP contribution in [0.25, 0.3) is 11.1 Å². The minimum Gasteiger partial charge on any atom is -0.494 e. The van der Waals surface area contributed by atoms with Gasteiger partial charge in [-0.15, -0.1) is 0 Å². The SMILES string of the molecule is CCCCCOc1ccc(-c2ccc(Oc3ccc(NCCCC)cc3)c(OCC(=O)OCC)c2)cc1. The first-order chi connectivity index (χ1) is 18.1. The van der Waals surface area contributed by atoms with Gasteiger partial charge in [-0.3, -0.25) is 0 Å². The number of hydrogen-bond acceptors (Lipinski definition) is 6. The van der Waals surface area contributed by atoms with Gasteiger partial charge < -0.3 is 24.3 Å². The van der Waals surface area contributed by atoms with E-state index in [1.54, 1.807) is 6.92 Å². The summed E-state index contributed by atoms with van der Waals surface area (Å²) in [4.78, 5) is 11.9. The third kappa shape index (κ3) is 9.37. The van der Waals surface area contributed by atoms with Crippen molar-refractivity contribution in [2.24, 2.45) is 0 Å². The topological polar surface area (TPSA) is 66.0 Å². The quantitative estimate of drug-likeness (QED) is 0.158. The number of rotatable bonds is 16. The molecular formula is C31H39NO5. The molecule has 0 amide bonds. The number of anilines is 1. The molecule has 0 saturated heterocycles. The number of nitrogens with one attached hydrogen (secondary N) is 1. The average Bonchev–Trinajstić information content (AvgIpc) is 2.92. The highest BCUT2D eigenvalue weighted by Gasteiger charge is 2.12. The lowest BCUT2D eigenvalue weighted by Crippen LogP contribution is -2.14. The first-order valence-corrected chi connectivity index (χ1v) is 13.3. The van der Waals surface area contributed by atoms with E-state index in [9.17, 15) is 4.79 Å². The second kappa shape index (κ2) is 15.4. The molecular weight excluding hydrogens is 466 g/mol. The van der Waals surface area contributed by atoms with Gasteiger partial charge in [0.05, 0.1) is 13.2 Å². The number of esters is 1. The van der Waals surface area contributed by atoms with Crippen LogP contribution in [0.5, 0.6) is 23.0 Å². The van der Waals surface area contributed by atoms with E-state index in [2.05, 4.69) is 19.2 Å². The predicted octanol–water partition coefficient (Wildman–Crippen LogP) is 7.87. The van der Waals surface area contributed by atoms with E-state index >= 15 is 0 Å². The largest absolute Gasteiger partial charge is 0.494 e. The van der Waals surface area contributed by atoms with Crippen LogP contribution in [0.4, 0.5) is 5.69 Å². The second-order valence-electron chi connectivity index (χ2n) is 8.74. The maximum Gasteiger partial charge on any atom is 0.344 e. The summed E-state index contributed by atoms with van der Waals surface area (Å²) in [5.41, 5.74) is 3.00. The summed E-state index contributed by atoms with van der Waals surface area (Å²) in [6.07, 6.45) is 5.67. The van der Waals surface area contributed by atoms with Gasteiger partial charge in [0.15, 0.2) is 18.1 Å². The van der Waals surface area contributed by atoms with Crippen LogP contribution in [0.3, 0.4) is 0 Å². The highest BCUT2D eigenvalue weighted by Crippen LogP contribution is 2.36. The van der Waals surface area contributed by atoms with Gasteiger partial charge in [0.25, 0.3) is 0 Å². The van der Waals surface area contributed by atoms with Crippen LogP contribution in [0.15, 0.2) is 66.7 Å². The van der Waals surface area contributed by atoms with Crippen LogP contribution in [-0.2, 0) is 9.53 Å². The first-order valence-electron chi connectivity index (χ1n) is 13.3. The highest BCUT2D eigenvalue weighted by molar-refractivity contribution is 5.72. The van der Waals surface area contributed by atoms with Crippen LogP contribution in [0.2, 0.25) is 0 Å². The Kier molecular flexibility index (Phi) is 11.6. The summed E-state index contributed by atoms with van der Waals surface area (Å²) in [6.45, 7) is 7.89. The van der Waals surface area contributed by atoms with Crippen molar-refractivity contribution in [3.63, 3.8) is 0 Å². The van der Waals surface area contributed by atoms with Crippen LogP contribution in [0.1, 0.15) is 52.9 Å². The number of carbonyl (C=O) groups is 1. The monoisotopic (exact) mass is 505 g/mol. The zero-order valence-corrected chi connectivity index (χ0v) is 22.3. The van der Waals surface area contributed by atoms with Gasteiger partial charge in [-0.25, -0.2) is 4.79 Å². The average molecular weight is 506 g/mol. The molecule has 0 aromatic heterocycles. The number of carbonyl (C=O) groups excluding carboxylic acids is 1. The lowest BCUT2D eigenvalue weighted by molar-refractivity contribution is -0.145. The summed E-state index contributed by atoms with van der Waals surface area (Å²) in [6, 6.07) is 21.5. The van der Waals surface area contributed by atoms with Crippen molar-refractivity contribution in [2.45, 2.75) is 52.9 Å². The van der Waals surface area contributed by atoms with Gasteiger partial charge in [-0.05, 0) is 79.4 Å². The summed E-state index contributed by atoms with van der Waals surface area (Å²) in [7, 11) is 0. The fourth-order valence-corrected chi connectivity index (χ4v) is 3.69. The normalized spacial score (nSPS) is 10.6. The minimum atomic E-state index is -0.425. The van der Waals surface area contributed by atoms with E-state index in [0.717, 1.165) is 55.0 Å². The maximum absolute atomic E-state index is 11.9. The standard InChI is InChI=1S/C31H39NO5/c1-4-7-9-21-35-27-15-10-24(11-16-27)25-12-19-29(30(22-25)36-23-31(33)34-6-3)37-28-17-13-26(14-18-28)32-20-8-5-2/h10-19,22,32H,4-9,20-21,23H2,1-3H3. The Balaban J connectivity index is 1.74. The molecule has 6 nitrogen and oxygen atoms in total. The van der Waals surface area contributed by atoms with E-state index < -0.39 is 5.97 Å². The van der Waals surface area contributed by atoms with Crippen molar-refractivity contribution >= 4 is 11.7 Å². The molecule has 0 aliphatic rings. The maximum atomic E-state index is 11.9. The van der Waals surface area contributed by atoms with Crippen molar-refractivity contribution in [1.82, 2.24) is 0 Å². The lowest BCUT2D eigenvalue weighted by atomic mass is 10.0. The molecule has 6 heteroatoms. The van der Waals surface area contributed by atoms with Crippen LogP contribution < -0.4 is 19.5 Å². The van der Waals surface area contributed by atoms with Crippen molar-refractivity contribution in [3.8, 4) is 34.1 Å². The molecule has 0 saturated carbocycles. The fourth-order valence-electron chi connectivity index (χ4n) is 3.69. The van der Waals surface area contributed by atoms with Gasteiger partial charge in [0.2, 0.25) is 0 Å². The van der Waals surface area contributed by atoms with E-state index in [1.165, 1.54) is 12.8 Å². The molecule has 0 unspecified atom stereocenters. The Morgan fingerprint density at radius 2 is 1.43 bits per heavy atom. The van der Waals surface area contributed by atoms with Gasteiger partial charge in [-0.1, -0.05) is 51.3 Å². The number of hydrogen-bond donors (Lipinski definition) is 1. The molecule has 0 atom stereocenters. The summed E-state index contributed by atoms with van der Waals surface area (Å²) in [5.74, 6) is 2.10. The first kappa shape index (κ1) is 27.9. The van der Waals surface area contributed by atoms with Gasteiger partial charge in [-0.2, -0.15) is 0 Å². The third-order valence-electron chi connectivity index (χ3n) is 5.74. The van der Waals surface area contributed by atoms with Gasteiger partial charge in [0.1, 0.15) is 11.5 Å². The van der Waals surface area contributed by atoms with Crippen LogP contribution in [-0.4, -0.2) is 32.3 Å². The Morgan fingerprint density at radius 3 is 2.14 bits per heavy atom. The molecule has 198 valence electrons. The fraction of sp³-hybridized carbons (Fsp3) is 0.387. The molecule has 3 rings (SSSR count). The summed E-state index contributed by atoms with van der Waals surface area (Å²) >= 11 is 0. The number of ether oxygens (including phenoxy) is 4. The van der Waals surface area contributed by atoms with E-state index in [4.69, 9.17) is 18.9 Å². The number of unbranched alkanes of at least 4 members (excludes halogenated alkanes) is 3. The van der Waals surface area contributed by atoms with Gasteiger partial charge >= 0.3 is 5.97 Å². The van der Waals surface area contributed by atoms with Crippen LogP contribution >= 0.6 is 0 Å². The number of benzene rings is 3. The molecule has 1 N–H and O–H groups in total. The second-order valence-corrected chi connectivity index (χ2v) is 8.74.